The van der Waals surface area contributed by atoms with Crippen LogP contribution in [-0.4, -0.2) is 20.9 Å². The highest BCUT2D eigenvalue weighted by atomic mass is 16.4. The Morgan fingerprint density at radius 1 is 1.73 bits per heavy atom. The maximum absolute atomic E-state index is 10.5. The summed E-state index contributed by atoms with van der Waals surface area (Å²) in [6.07, 6.45) is 3.20. The van der Waals surface area contributed by atoms with Crippen molar-refractivity contribution in [3.8, 4) is 0 Å². The molecule has 2 rings (SSSR count). The van der Waals surface area contributed by atoms with E-state index in [2.05, 4.69) is 11.2 Å². The molecule has 0 radical (unpaired) electrons. The van der Waals surface area contributed by atoms with Crippen molar-refractivity contribution in [2.24, 2.45) is 0 Å². The summed E-state index contributed by atoms with van der Waals surface area (Å²) in [5.74, 6) is -0.320. The molecule has 0 amide bonds. The number of aliphatic carboxylic acids is 1. The first-order valence-corrected chi connectivity index (χ1v) is 5.43. The number of carboxylic acids is 1. The Morgan fingerprint density at radius 3 is 3.27 bits per heavy atom. The fourth-order valence-electron chi connectivity index (χ4n) is 2.30. The number of hydrogen-bond donors (Lipinski definition) is 1. The first-order chi connectivity index (χ1) is 7.16. The van der Waals surface area contributed by atoms with Gasteiger partial charge in [-0.25, -0.2) is 0 Å². The lowest BCUT2D eigenvalue weighted by Gasteiger charge is -2.22. The van der Waals surface area contributed by atoms with Gasteiger partial charge in [-0.1, -0.05) is 0 Å². The molecule has 0 aromatic carbocycles. The molecule has 15 heavy (non-hydrogen) atoms. The van der Waals surface area contributed by atoms with E-state index in [1.54, 1.807) is 0 Å². The molecule has 4 nitrogen and oxygen atoms in total. The second kappa shape index (κ2) is 4.04. The minimum Gasteiger partial charge on any atom is -0.481 e. The van der Waals surface area contributed by atoms with Crippen molar-refractivity contribution in [3.63, 3.8) is 0 Å². The predicted molar refractivity (Wildman–Crippen MR) is 55.8 cm³/mol. The first kappa shape index (κ1) is 10.2. The lowest BCUT2D eigenvalue weighted by molar-refractivity contribution is -0.137. The molecular weight excluding hydrogens is 192 g/mol. The average Bonchev–Trinajstić information content (AvgIpc) is 2.55. The van der Waals surface area contributed by atoms with E-state index in [9.17, 15) is 4.79 Å². The summed E-state index contributed by atoms with van der Waals surface area (Å²) >= 11 is 0. The quantitative estimate of drug-likeness (QED) is 0.825. The molecule has 1 aliphatic heterocycles. The van der Waals surface area contributed by atoms with Gasteiger partial charge in [0, 0.05) is 24.6 Å². The van der Waals surface area contributed by atoms with E-state index in [1.807, 2.05) is 11.6 Å². The summed E-state index contributed by atoms with van der Waals surface area (Å²) in [6, 6.07) is 2.09. The molecule has 2 heterocycles. The van der Waals surface area contributed by atoms with Crippen molar-refractivity contribution >= 4 is 5.97 Å². The molecule has 0 fully saturated rings. The van der Waals surface area contributed by atoms with Crippen LogP contribution in [0.2, 0.25) is 0 Å². The van der Waals surface area contributed by atoms with Crippen molar-refractivity contribution in [1.82, 2.24) is 9.78 Å². The van der Waals surface area contributed by atoms with E-state index in [0.717, 1.165) is 31.5 Å². The Kier molecular flexibility index (Phi) is 2.75. The maximum atomic E-state index is 10.5. The number of aromatic nitrogens is 2. The van der Waals surface area contributed by atoms with Gasteiger partial charge >= 0.3 is 5.97 Å². The third-order valence-electron chi connectivity index (χ3n) is 2.98. The van der Waals surface area contributed by atoms with E-state index in [4.69, 9.17) is 5.11 Å². The highest BCUT2D eigenvalue weighted by Crippen LogP contribution is 2.31. The number of nitrogens with zero attached hydrogens (tertiary/aromatic N) is 2. The van der Waals surface area contributed by atoms with Crippen LogP contribution < -0.4 is 0 Å². The molecule has 0 spiro atoms. The molecule has 1 atom stereocenters. The van der Waals surface area contributed by atoms with Gasteiger partial charge in [0.05, 0.1) is 5.69 Å². The summed E-state index contributed by atoms with van der Waals surface area (Å²) in [4.78, 5) is 10.5. The maximum Gasteiger partial charge on any atom is 0.303 e. The number of carbonyl (C=O) groups is 1. The van der Waals surface area contributed by atoms with Crippen LogP contribution in [0.3, 0.4) is 0 Å². The van der Waals surface area contributed by atoms with Gasteiger partial charge in [-0.15, -0.1) is 0 Å². The molecule has 82 valence electrons. The minimum atomic E-state index is -0.705. The third kappa shape index (κ3) is 2.19. The fraction of sp³-hybridized carbons (Fsp3) is 0.636. The summed E-state index contributed by atoms with van der Waals surface area (Å²) < 4.78 is 2.03. The van der Waals surface area contributed by atoms with Crippen LogP contribution in [0, 0.1) is 6.92 Å². The van der Waals surface area contributed by atoms with Crippen LogP contribution in [0.5, 0.6) is 0 Å². The second-order valence-corrected chi connectivity index (χ2v) is 4.21. The summed E-state index contributed by atoms with van der Waals surface area (Å²) in [5, 5.41) is 13.1. The van der Waals surface area contributed by atoms with Gasteiger partial charge in [0.1, 0.15) is 0 Å². The molecule has 0 saturated heterocycles. The van der Waals surface area contributed by atoms with E-state index >= 15 is 0 Å². The van der Waals surface area contributed by atoms with Crippen LogP contribution in [0.25, 0.3) is 0 Å². The predicted octanol–water partition coefficient (Wildman–Crippen LogP) is 1.93. The van der Waals surface area contributed by atoms with Crippen LogP contribution in [-0.2, 0) is 11.3 Å². The summed E-state index contributed by atoms with van der Waals surface area (Å²) in [5.41, 5.74) is 2.26. The Balaban J connectivity index is 2.11. The zero-order valence-electron chi connectivity index (χ0n) is 8.94. The standard InChI is InChI=1S/C11H16N2O2/c1-8-7-10-9(4-5-11(14)15)3-2-6-13(10)12-8/h7,9H,2-6H2,1H3,(H,14,15). The summed E-state index contributed by atoms with van der Waals surface area (Å²) in [7, 11) is 0. The van der Waals surface area contributed by atoms with Crippen LogP contribution in [0.15, 0.2) is 6.07 Å². The molecular formula is C11H16N2O2. The van der Waals surface area contributed by atoms with Crippen molar-refractivity contribution in [1.29, 1.82) is 0 Å². The number of aryl methyl sites for hydroxylation is 2. The third-order valence-corrected chi connectivity index (χ3v) is 2.98. The molecule has 1 aromatic heterocycles. The molecule has 1 N–H and O–H groups in total. The number of rotatable bonds is 3. The molecule has 4 heteroatoms. The van der Waals surface area contributed by atoms with Crippen LogP contribution in [0.1, 0.15) is 43.0 Å². The second-order valence-electron chi connectivity index (χ2n) is 4.21. The van der Waals surface area contributed by atoms with Gasteiger partial charge in [0.25, 0.3) is 0 Å². The van der Waals surface area contributed by atoms with E-state index < -0.39 is 5.97 Å². The van der Waals surface area contributed by atoms with Gasteiger partial charge in [-0.3, -0.25) is 9.48 Å². The zero-order valence-corrected chi connectivity index (χ0v) is 8.94. The van der Waals surface area contributed by atoms with Gasteiger partial charge < -0.3 is 5.11 Å². The van der Waals surface area contributed by atoms with Gasteiger partial charge in [-0.2, -0.15) is 5.10 Å². The van der Waals surface area contributed by atoms with Crippen molar-refractivity contribution < 1.29 is 9.90 Å². The normalized spacial score (nSPS) is 19.9. The zero-order chi connectivity index (χ0) is 10.8. The Bertz CT molecular complexity index is 371. The number of carboxylic acid groups (broad SMARTS) is 1. The SMILES string of the molecule is Cc1cc2n(n1)CCCC2CCC(=O)O. The molecule has 1 unspecified atom stereocenters. The first-order valence-electron chi connectivity index (χ1n) is 5.43. The van der Waals surface area contributed by atoms with E-state index in [1.165, 1.54) is 5.69 Å². The van der Waals surface area contributed by atoms with Gasteiger partial charge in [-0.05, 0) is 32.3 Å². The fourth-order valence-corrected chi connectivity index (χ4v) is 2.30. The van der Waals surface area contributed by atoms with Gasteiger partial charge in [0.15, 0.2) is 0 Å². The highest BCUT2D eigenvalue weighted by molar-refractivity contribution is 5.66. The molecule has 0 aliphatic carbocycles. The summed E-state index contributed by atoms with van der Waals surface area (Å²) in [6.45, 7) is 2.96. The molecule has 1 aromatic rings. The Morgan fingerprint density at radius 2 is 2.53 bits per heavy atom. The van der Waals surface area contributed by atoms with Crippen molar-refractivity contribution in [2.45, 2.75) is 45.1 Å². The van der Waals surface area contributed by atoms with Crippen LogP contribution in [0.4, 0.5) is 0 Å². The topological polar surface area (TPSA) is 55.1 Å². The Labute approximate surface area is 88.9 Å². The van der Waals surface area contributed by atoms with Crippen LogP contribution >= 0.6 is 0 Å². The number of fused-ring (bicyclic) bond motifs is 1. The number of hydrogen-bond acceptors (Lipinski definition) is 2. The average molecular weight is 208 g/mol. The monoisotopic (exact) mass is 208 g/mol. The lowest BCUT2D eigenvalue weighted by atomic mass is 9.91. The Hall–Kier alpha value is -1.32. The molecule has 0 saturated carbocycles. The van der Waals surface area contributed by atoms with E-state index in [0.29, 0.717) is 5.92 Å². The van der Waals surface area contributed by atoms with Gasteiger partial charge in [0.2, 0.25) is 0 Å². The van der Waals surface area contributed by atoms with Crippen molar-refractivity contribution in [2.75, 3.05) is 0 Å². The molecule has 1 aliphatic rings. The lowest BCUT2D eigenvalue weighted by Crippen LogP contribution is -2.17. The minimum absolute atomic E-state index is 0.259. The van der Waals surface area contributed by atoms with Crippen molar-refractivity contribution in [3.05, 3.63) is 17.5 Å². The smallest absolute Gasteiger partial charge is 0.303 e. The largest absolute Gasteiger partial charge is 0.481 e. The molecule has 0 bridgehead atoms. The highest BCUT2D eigenvalue weighted by Gasteiger charge is 2.22. The van der Waals surface area contributed by atoms with E-state index in [-0.39, 0.29) is 6.42 Å².